The molecule has 1 atom stereocenters. The number of methoxy groups -OCH3 is 1. The van der Waals surface area contributed by atoms with Gasteiger partial charge in [-0.2, -0.15) is 4.31 Å². The van der Waals surface area contributed by atoms with Crippen molar-refractivity contribution in [2.24, 2.45) is 0 Å². The van der Waals surface area contributed by atoms with E-state index in [1.165, 1.54) is 17.5 Å². The molecule has 0 aromatic heterocycles. The normalized spacial score (nSPS) is 26.6. The number of carbonyl (C=O) groups excluding carboxylic acids is 1. The van der Waals surface area contributed by atoms with E-state index in [0.29, 0.717) is 24.9 Å². The van der Waals surface area contributed by atoms with Crippen molar-refractivity contribution in [1.29, 1.82) is 0 Å². The van der Waals surface area contributed by atoms with Crippen molar-refractivity contribution in [3.05, 3.63) is 23.8 Å². The summed E-state index contributed by atoms with van der Waals surface area (Å²) in [6.07, 6.45) is 5.16. The molecular weight excluding hydrogens is 380 g/mol. The lowest BCUT2D eigenvalue weighted by Crippen LogP contribution is -2.42. The smallest absolute Gasteiger partial charge is 0.251 e. The van der Waals surface area contributed by atoms with E-state index in [1.54, 1.807) is 12.1 Å². The van der Waals surface area contributed by atoms with Crippen LogP contribution in [0.3, 0.4) is 0 Å². The molecule has 1 aromatic rings. The zero-order valence-corrected chi connectivity index (χ0v) is 17.4. The van der Waals surface area contributed by atoms with Crippen LogP contribution in [0, 0.1) is 0 Å². The summed E-state index contributed by atoms with van der Waals surface area (Å²) in [5.41, 5.74) is 0.301. The van der Waals surface area contributed by atoms with Crippen LogP contribution in [0.4, 0.5) is 0 Å². The van der Waals surface area contributed by atoms with Crippen LogP contribution in [0.5, 0.6) is 5.75 Å². The average molecular weight is 411 g/mol. The third-order valence-electron chi connectivity index (χ3n) is 5.79. The molecule has 1 heterocycles. The number of nitrogens with one attached hydrogen (secondary N) is 1. The molecule has 1 aliphatic carbocycles. The van der Waals surface area contributed by atoms with Crippen LogP contribution >= 0.6 is 0 Å². The molecule has 0 radical (unpaired) electrons. The van der Waals surface area contributed by atoms with Gasteiger partial charge >= 0.3 is 0 Å². The number of aliphatic hydroxyl groups excluding tert-OH is 1. The van der Waals surface area contributed by atoms with E-state index in [4.69, 9.17) is 4.74 Å². The first-order valence-corrected chi connectivity index (χ1v) is 11.5. The van der Waals surface area contributed by atoms with Gasteiger partial charge in [0.25, 0.3) is 5.91 Å². The van der Waals surface area contributed by atoms with Gasteiger partial charge in [-0.3, -0.25) is 4.79 Å². The number of hydrogen-bond acceptors (Lipinski definition) is 5. The lowest BCUT2D eigenvalue weighted by molar-refractivity contribution is 0.0867. The van der Waals surface area contributed by atoms with E-state index in [9.17, 15) is 18.3 Å². The summed E-state index contributed by atoms with van der Waals surface area (Å²) >= 11 is 0. The quantitative estimate of drug-likeness (QED) is 0.776. The minimum Gasteiger partial charge on any atom is -0.495 e. The predicted molar refractivity (Wildman–Crippen MR) is 106 cm³/mol. The third kappa shape index (κ3) is 4.50. The highest BCUT2D eigenvalue weighted by Crippen LogP contribution is 2.32. The zero-order chi connectivity index (χ0) is 20.3. The van der Waals surface area contributed by atoms with Crippen molar-refractivity contribution >= 4 is 15.9 Å². The fraction of sp³-hybridized carbons (Fsp3) is 0.650. The number of ether oxygens (including phenoxy) is 1. The Morgan fingerprint density at radius 3 is 2.54 bits per heavy atom. The minimum absolute atomic E-state index is 0.000163. The SMILES string of the molecule is COc1ccc(C(=O)NC2CCC(O)CC2)cc1S(=O)(=O)N1CCCC[C@@H]1C. The molecule has 7 nitrogen and oxygen atoms in total. The lowest BCUT2D eigenvalue weighted by atomic mass is 9.93. The standard InChI is InChI=1S/C20H30N2O5S/c1-14-5-3-4-12-22(14)28(25,26)19-13-15(6-11-18(19)27-2)20(24)21-16-7-9-17(23)10-8-16/h6,11,13-14,16-17,23H,3-5,7-10,12H2,1-2H3,(H,21,24)/t14-,16?,17?/m0/s1. The molecule has 2 N–H and O–H groups in total. The molecule has 28 heavy (non-hydrogen) atoms. The second-order valence-electron chi connectivity index (χ2n) is 7.81. The summed E-state index contributed by atoms with van der Waals surface area (Å²) in [6.45, 7) is 2.39. The number of piperidine rings is 1. The molecule has 1 saturated carbocycles. The van der Waals surface area contributed by atoms with Gasteiger partial charge in [-0.1, -0.05) is 6.42 Å². The second-order valence-corrected chi connectivity index (χ2v) is 9.66. The van der Waals surface area contributed by atoms with Crippen LogP contribution in [0.1, 0.15) is 62.2 Å². The van der Waals surface area contributed by atoms with E-state index in [2.05, 4.69) is 5.32 Å². The van der Waals surface area contributed by atoms with Gasteiger partial charge in [-0.25, -0.2) is 8.42 Å². The molecule has 1 saturated heterocycles. The maximum Gasteiger partial charge on any atom is 0.251 e. The molecule has 0 spiro atoms. The number of amides is 1. The van der Waals surface area contributed by atoms with Crippen LogP contribution in [0.15, 0.2) is 23.1 Å². The Kier molecular flexibility index (Phi) is 6.62. The molecule has 156 valence electrons. The summed E-state index contributed by atoms with van der Waals surface area (Å²) in [5.74, 6) is -0.0534. The first-order chi connectivity index (χ1) is 13.3. The summed E-state index contributed by atoms with van der Waals surface area (Å²) in [5, 5.41) is 12.6. The third-order valence-corrected chi connectivity index (χ3v) is 7.82. The van der Waals surface area contributed by atoms with E-state index in [1.807, 2.05) is 6.92 Å². The van der Waals surface area contributed by atoms with Gasteiger partial charge in [-0.05, 0) is 63.6 Å². The fourth-order valence-corrected chi connectivity index (χ4v) is 5.95. The Morgan fingerprint density at radius 1 is 1.18 bits per heavy atom. The van der Waals surface area contributed by atoms with Gasteiger partial charge in [0.15, 0.2) is 0 Å². The maximum absolute atomic E-state index is 13.3. The highest BCUT2D eigenvalue weighted by molar-refractivity contribution is 7.89. The van der Waals surface area contributed by atoms with Crippen LogP contribution in [-0.4, -0.2) is 55.6 Å². The molecule has 0 unspecified atom stereocenters. The fourth-order valence-electron chi connectivity index (χ4n) is 4.06. The number of nitrogens with zero attached hydrogens (tertiary/aromatic N) is 1. The molecule has 0 bridgehead atoms. The van der Waals surface area contributed by atoms with Crippen LogP contribution in [0.2, 0.25) is 0 Å². The monoisotopic (exact) mass is 410 g/mol. The Bertz CT molecular complexity index is 803. The molecule has 2 fully saturated rings. The Morgan fingerprint density at radius 2 is 1.89 bits per heavy atom. The van der Waals surface area contributed by atoms with Gasteiger partial charge in [0, 0.05) is 24.2 Å². The molecule has 1 aromatic carbocycles. The minimum atomic E-state index is -3.76. The Hall–Kier alpha value is -1.64. The summed E-state index contributed by atoms with van der Waals surface area (Å²) in [7, 11) is -2.32. The Balaban J connectivity index is 1.84. The van der Waals surface area contributed by atoms with E-state index in [-0.39, 0.29) is 34.7 Å². The number of benzene rings is 1. The van der Waals surface area contributed by atoms with Crippen LogP contribution in [-0.2, 0) is 10.0 Å². The molecule has 8 heteroatoms. The van der Waals surface area contributed by atoms with Gasteiger partial charge < -0.3 is 15.2 Å². The van der Waals surface area contributed by atoms with Crippen LogP contribution < -0.4 is 10.1 Å². The van der Waals surface area contributed by atoms with Gasteiger partial charge in [0.1, 0.15) is 10.6 Å². The van der Waals surface area contributed by atoms with Gasteiger partial charge in [0.05, 0.1) is 13.2 Å². The topological polar surface area (TPSA) is 95.9 Å². The summed E-state index contributed by atoms with van der Waals surface area (Å²) in [4.78, 5) is 12.7. The van der Waals surface area contributed by atoms with Crippen molar-refractivity contribution in [3.63, 3.8) is 0 Å². The zero-order valence-electron chi connectivity index (χ0n) is 16.6. The van der Waals surface area contributed by atoms with Crippen molar-refractivity contribution < 1.29 is 23.1 Å². The molecule has 3 rings (SSSR count). The van der Waals surface area contributed by atoms with Crippen LogP contribution in [0.25, 0.3) is 0 Å². The van der Waals surface area contributed by atoms with E-state index < -0.39 is 10.0 Å². The number of hydrogen-bond donors (Lipinski definition) is 2. The maximum atomic E-state index is 13.3. The molecule has 1 amide bonds. The highest BCUT2D eigenvalue weighted by Gasteiger charge is 2.33. The molecule has 1 aliphatic heterocycles. The van der Waals surface area contributed by atoms with Gasteiger partial charge in [-0.15, -0.1) is 0 Å². The van der Waals surface area contributed by atoms with Crippen molar-refractivity contribution in [3.8, 4) is 5.75 Å². The summed E-state index contributed by atoms with van der Waals surface area (Å²) < 4.78 is 33.3. The van der Waals surface area contributed by atoms with Crippen molar-refractivity contribution in [2.75, 3.05) is 13.7 Å². The largest absolute Gasteiger partial charge is 0.495 e. The molecular formula is C20H30N2O5S. The number of sulfonamides is 1. The Labute approximate surface area is 167 Å². The van der Waals surface area contributed by atoms with Gasteiger partial charge in [0.2, 0.25) is 10.0 Å². The second kappa shape index (κ2) is 8.80. The number of rotatable bonds is 5. The first kappa shape index (κ1) is 21.1. The predicted octanol–water partition coefficient (Wildman–Crippen LogP) is 2.29. The average Bonchev–Trinajstić information content (AvgIpc) is 2.69. The first-order valence-electron chi connectivity index (χ1n) is 10.0. The van der Waals surface area contributed by atoms with E-state index >= 15 is 0 Å². The van der Waals surface area contributed by atoms with Crippen molar-refractivity contribution in [1.82, 2.24) is 9.62 Å². The molecule has 2 aliphatic rings. The lowest BCUT2D eigenvalue weighted by Gasteiger charge is -2.32. The summed E-state index contributed by atoms with van der Waals surface area (Å²) in [6, 6.07) is 4.48. The number of carbonyl (C=O) groups is 1. The van der Waals surface area contributed by atoms with E-state index in [0.717, 1.165) is 32.1 Å². The highest BCUT2D eigenvalue weighted by atomic mass is 32.2. The van der Waals surface area contributed by atoms with Crippen molar-refractivity contribution in [2.45, 2.75) is 75.0 Å². The number of aliphatic hydroxyl groups is 1.